The largest absolute Gasteiger partial charge is 2.00 e. The summed E-state index contributed by atoms with van der Waals surface area (Å²) in [5.41, 5.74) is 7.84. The van der Waals surface area contributed by atoms with Gasteiger partial charge in [0.25, 0.3) is 0 Å². The molecule has 5 nitrogen and oxygen atoms in total. The molecule has 41 heavy (non-hydrogen) atoms. The minimum atomic E-state index is -0.0172. The molecule has 0 amide bonds. The van der Waals surface area contributed by atoms with Crippen molar-refractivity contribution < 1.29 is 45.6 Å². The molecule has 0 aliphatic heterocycles. The molecule has 0 bridgehead atoms. The van der Waals surface area contributed by atoms with Crippen molar-refractivity contribution in [1.29, 1.82) is 0 Å². The predicted molar refractivity (Wildman–Crippen MR) is 164 cm³/mol. The van der Waals surface area contributed by atoms with Crippen LogP contribution in [0.1, 0.15) is 78.7 Å². The minimum absolute atomic E-state index is 0. The molecule has 0 aliphatic rings. The van der Waals surface area contributed by atoms with E-state index in [0.29, 0.717) is 0 Å². The van der Waals surface area contributed by atoms with Crippen molar-refractivity contribution in [1.82, 2.24) is 19.1 Å². The monoisotopic (exact) mass is 760 g/mol. The van der Waals surface area contributed by atoms with Crippen LogP contribution in [0.4, 0.5) is 0 Å². The van der Waals surface area contributed by atoms with Crippen molar-refractivity contribution >= 4 is 22.1 Å². The van der Waals surface area contributed by atoms with Crippen LogP contribution in [0.5, 0.6) is 0 Å². The summed E-state index contributed by atoms with van der Waals surface area (Å²) < 4.78 is 4.80. The summed E-state index contributed by atoms with van der Waals surface area (Å²) >= 11 is 0. The number of aryl methyl sites for hydroxylation is 2. The van der Waals surface area contributed by atoms with Gasteiger partial charge in [-0.3, -0.25) is 9.97 Å². The van der Waals surface area contributed by atoms with E-state index in [9.17, 15) is 0 Å². The van der Waals surface area contributed by atoms with E-state index in [1.165, 1.54) is 42.3 Å². The van der Waals surface area contributed by atoms with Crippen LogP contribution < -0.4 is 12.4 Å². The maximum Gasteiger partial charge on any atom is 2.00 e. The van der Waals surface area contributed by atoms with Crippen molar-refractivity contribution in [2.75, 3.05) is 0 Å². The van der Waals surface area contributed by atoms with Crippen LogP contribution in [0.25, 0.3) is 44.8 Å². The molecule has 0 aliphatic carbocycles. The molecule has 5 aromatic rings. The Morgan fingerprint density at radius 3 is 1.49 bits per heavy atom. The molecule has 2 N–H and O–H groups in total. The zero-order valence-corrected chi connectivity index (χ0v) is 31.6. The van der Waals surface area contributed by atoms with Crippen molar-refractivity contribution in [2.45, 2.75) is 91.6 Å². The van der Waals surface area contributed by atoms with Gasteiger partial charge in [-0.05, 0) is 42.5 Å². The fourth-order valence-electron chi connectivity index (χ4n) is 5.30. The number of unbranched alkanes of at least 4 members (excludes halogenated alkanes) is 4. The van der Waals surface area contributed by atoms with E-state index in [-0.39, 0.29) is 51.0 Å². The van der Waals surface area contributed by atoms with E-state index >= 15 is 0 Å². The molecule has 7 heteroatoms. The first-order valence-electron chi connectivity index (χ1n) is 14.4. The topological polar surface area (TPSA) is 67.1 Å². The Morgan fingerprint density at radius 2 is 1.10 bits per heavy atom. The normalized spacial score (nSPS) is 11.2. The second-order valence-corrected chi connectivity index (χ2v) is 11.5. The quantitative estimate of drug-likeness (QED) is 0.109. The van der Waals surface area contributed by atoms with Crippen LogP contribution in [0.15, 0.2) is 60.7 Å². The molecule has 3 aromatic carbocycles. The molecular formula is C34H43ClHgN4O. The second kappa shape index (κ2) is 15.3. The van der Waals surface area contributed by atoms with Crippen molar-refractivity contribution in [3.05, 3.63) is 72.3 Å². The van der Waals surface area contributed by atoms with Crippen LogP contribution in [0.3, 0.4) is 0 Å². The van der Waals surface area contributed by atoms with Gasteiger partial charge in [-0.1, -0.05) is 95.7 Å². The van der Waals surface area contributed by atoms with Crippen LogP contribution >= 0.6 is 0 Å². The molecule has 214 valence electrons. The second-order valence-electron chi connectivity index (χ2n) is 11.5. The number of hydrogen-bond donors (Lipinski definition) is 0. The maximum absolute atomic E-state index is 5.15. The van der Waals surface area contributed by atoms with Gasteiger partial charge in [-0.25, -0.2) is 0 Å². The molecule has 0 unspecified atom stereocenters. The van der Waals surface area contributed by atoms with Crippen LogP contribution in [0, 0.1) is 6.07 Å². The van der Waals surface area contributed by atoms with Crippen LogP contribution in [-0.4, -0.2) is 24.6 Å². The SMILES string of the molecule is CCCCCn1c(-c2[c-]c(-c3nc4ccccc4n3CCCCC)cc(C(C)(C)C)c2)nc2ccccc21.O.[Cl-].[Hg+2]. The van der Waals surface area contributed by atoms with Gasteiger partial charge < -0.3 is 27.0 Å². The Hall–Kier alpha value is -2.21. The molecule has 0 fully saturated rings. The Bertz CT molecular complexity index is 1440. The van der Waals surface area contributed by atoms with Gasteiger partial charge >= 0.3 is 27.7 Å². The number of rotatable bonds is 10. The van der Waals surface area contributed by atoms with E-state index < -0.39 is 0 Å². The van der Waals surface area contributed by atoms with Crippen LogP contribution in [0.2, 0.25) is 0 Å². The third kappa shape index (κ3) is 7.60. The number of nitrogens with zero attached hydrogens (tertiary/aromatic N) is 4. The third-order valence-corrected chi connectivity index (χ3v) is 7.50. The Morgan fingerprint density at radius 1 is 0.683 bits per heavy atom. The van der Waals surface area contributed by atoms with E-state index in [1.807, 2.05) is 0 Å². The smallest absolute Gasteiger partial charge is 1.00 e. The number of imidazole rings is 2. The van der Waals surface area contributed by atoms with E-state index in [4.69, 9.17) is 9.97 Å². The number of para-hydroxylation sites is 4. The minimum Gasteiger partial charge on any atom is -1.00 e. The number of hydrogen-bond acceptors (Lipinski definition) is 2. The summed E-state index contributed by atoms with van der Waals surface area (Å²) in [6, 6.07) is 25.4. The van der Waals surface area contributed by atoms with Gasteiger partial charge in [0.2, 0.25) is 0 Å². The summed E-state index contributed by atoms with van der Waals surface area (Å²) in [5.74, 6) is 2.01. The molecule has 5 rings (SSSR count). The number of fused-ring (bicyclic) bond motifs is 2. The first-order valence-corrected chi connectivity index (χ1v) is 14.4. The van der Waals surface area contributed by atoms with E-state index in [1.54, 1.807) is 0 Å². The molecule has 2 heterocycles. The number of halogens is 1. The summed E-state index contributed by atoms with van der Waals surface area (Å²) in [5, 5.41) is 0. The fourth-order valence-corrected chi connectivity index (χ4v) is 5.30. The van der Waals surface area contributed by atoms with Gasteiger partial charge in [-0.15, -0.1) is 23.8 Å². The Labute approximate surface area is 272 Å². The first kappa shape index (κ1) is 35.0. The molecule has 0 radical (unpaired) electrons. The molecule has 0 saturated carbocycles. The zero-order valence-electron chi connectivity index (χ0n) is 25.3. The first-order chi connectivity index (χ1) is 18.4. The summed E-state index contributed by atoms with van der Waals surface area (Å²) in [4.78, 5) is 10.3. The van der Waals surface area contributed by atoms with Gasteiger partial charge in [0.15, 0.2) is 0 Å². The van der Waals surface area contributed by atoms with Gasteiger partial charge in [0.05, 0.1) is 33.7 Å². The molecule has 0 saturated heterocycles. The van der Waals surface area contributed by atoms with Crippen molar-refractivity contribution in [3.8, 4) is 22.8 Å². The number of benzene rings is 3. The van der Waals surface area contributed by atoms with Gasteiger partial charge in [0, 0.05) is 13.1 Å². The maximum atomic E-state index is 5.15. The average molecular weight is 760 g/mol. The predicted octanol–water partition coefficient (Wildman–Crippen LogP) is 5.37. The fraction of sp³-hybridized carbons (Fsp3) is 0.412. The summed E-state index contributed by atoms with van der Waals surface area (Å²) in [6.07, 6.45) is 7.11. The van der Waals surface area contributed by atoms with E-state index in [2.05, 4.69) is 110 Å². The molecule has 2 aromatic heterocycles. The van der Waals surface area contributed by atoms with Crippen LogP contribution in [-0.2, 0) is 46.2 Å². The van der Waals surface area contributed by atoms with Crippen molar-refractivity contribution in [3.63, 3.8) is 0 Å². The summed E-state index contributed by atoms with van der Waals surface area (Å²) in [7, 11) is 0. The zero-order chi connectivity index (χ0) is 26.7. The third-order valence-electron chi connectivity index (χ3n) is 7.50. The van der Waals surface area contributed by atoms with Gasteiger partial charge in [0.1, 0.15) is 0 Å². The summed E-state index contributed by atoms with van der Waals surface area (Å²) in [6.45, 7) is 13.3. The molecular weight excluding hydrogens is 716 g/mol. The average Bonchev–Trinajstić information content (AvgIpc) is 3.47. The standard InChI is InChI=1S/C34H41N4.ClH.Hg.H2O/c1-6-8-14-20-37-30-18-12-10-16-28(30)35-32(37)25-22-26(24-27(23-25)34(3,4)5)33-36-29-17-11-13-19-31(29)38(33)21-15-9-7-2;;;/h10-13,16-19,23-24H,6-9,14-15,20-21H2,1-5H3;1H;;1H2/q-1;;+2;/p-1. The van der Waals surface area contributed by atoms with Crippen molar-refractivity contribution in [2.24, 2.45) is 0 Å². The molecule has 0 spiro atoms. The van der Waals surface area contributed by atoms with Gasteiger partial charge in [-0.2, -0.15) is 0 Å². The molecule has 0 atom stereocenters. The Balaban J connectivity index is 0.00000196. The number of aromatic nitrogens is 4. The Kier molecular flexibility index (Phi) is 13.1. The van der Waals surface area contributed by atoms with E-state index in [0.717, 1.165) is 59.7 Å².